The van der Waals surface area contributed by atoms with E-state index in [2.05, 4.69) is 13.8 Å². The molecule has 0 amide bonds. The fourth-order valence-corrected chi connectivity index (χ4v) is 2.72. The van der Waals surface area contributed by atoms with Crippen molar-refractivity contribution >= 4 is 17.9 Å². The predicted octanol–water partition coefficient (Wildman–Crippen LogP) is 4.65. The van der Waals surface area contributed by atoms with E-state index < -0.39 is 12.1 Å². The van der Waals surface area contributed by atoms with Crippen LogP contribution in [0.2, 0.25) is 0 Å². The number of hydrogen-bond acceptors (Lipinski definition) is 6. The number of rotatable bonds is 20. The summed E-state index contributed by atoms with van der Waals surface area (Å²) in [7, 11) is 0. The average Bonchev–Trinajstić information content (AvgIpc) is 2.69. The zero-order chi connectivity index (χ0) is 21.7. The van der Waals surface area contributed by atoms with Crippen LogP contribution in [0.1, 0.15) is 97.3 Å². The summed E-state index contributed by atoms with van der Waals surface area (Å²) in [5.74, 6) is -1.59. The van der Waals surface area contributed by atoms with Crippen molar-refractivity contribution in [2.45, 2.75) is 103 Å². The largest absolute Gasteiger partial charge is 0.481 e. The molecule has 170 valence electrons. The number of carbonyl (C=O) groups excluding carboxylic acids is 2. The van der Waals surface area contributed by atoms with Crippen LogP contribution in [-0.4, -0.2) is 48.9 Å². The first-order chi connectivity index (χ1) is 14.0. The van der Waals surface area contributed by atoms with E-state index >= 15 is 0 Å². The zero-order valence-electron chi connectivity index (χ0n) is 18.3. The van der Waals surface area contributed by atoms with Gasteiger partial charge in [0.2, 0.25) is 0 Å². The third-order valence-electron chi connectivity index (χ3n) is 4.50. The normalized spacial score (nSPS) is 10.9. The maximum Gasteiger partial charge on any atom is 0.305 e. The Morgan fingerprint density at radius 2 is 1.14 bits per heavy atom. The average molecular weight is 417 g/mol. The van der Waals surface area contributed by atoms with Gasteiger partial charge in [-0.15, -0.1) is 0 Å². The van der Waals surface area contributed by atoms with Gasteiger partial charge in [-0.3, -0.25) is 14.4 Å². The van der Waals surface area contributed by atoms with Gasteiger partial charge in [0, 0.05) is 12.8 Å². The molecule has 0 aromatic carbocycles. The second kappa shape index (κ2) is 19.7. The number of esters is 2. The van der Waals surface area contributed by atoms with Crippen LogP contribution in [-0.2, 0) is 28.6 Å². The molecule has 0 heterocycles. The predicted molar refractivity (Wildman–Crippen MR) is 111 cm³/mol. The molecule has 1 N–H and O–H groups in total. The SMILES string of the molecule is CCCCCCCC(=O)OCC(COC(=O)CCCCCCC)OCCC(=O)O. The Hall–Kier alpha value is -1.63. The molecule has 0 aliphatic carbocycles. The van der Waals surface area contributed by atoms with E-state index in [0.29, 0.717) is 12.8 Å². The second-order valence-corrected chi connectivity index (χ2v) is 7.33. The second-order valence-electron chi connectivity index (χ2n) is 7.33. The molecular weight excluding hydrogens is 376 g/mol. The lowest BCUT2D eigenvalue weighted by Crippen LogP contribution is -2.29. The molecule has 7 nitrogen and oxygen atoms in total. The van der Waals surface area contributed by atoms with Gasteiger partial charge in [-0.25, -0.2) is 0 Å². The van der Waals surface area contributed by atoms with Crippen LogP contribution in [0.3, 0.4) is 0 Å². The molecule has 0 saturated heterocycles. The molecule has 0 rings (SSSR count). The first-order valence-corrected chi connectivity index (χ1v) is 11.1. The Bertz CT molecular complexity index is 407. The molecule has 0 aromatic heterocycles. The lowest BCUT2D eigenvalue weighted by molar-refractivity contribution is -0.157. The van der Waals surface area contributed by atoms with E-state index in [0.717, 1.165) is 51.4 Å². The fraction of sp³-hybridized carbons (Fsp3) is 0.864. The highest BCUT2D eigenvalue weighted by atomic mass is 16.6. The third-order valence-corrected chi connectivity index (χ3v) is 4.50. The Balaban J connectivity index is 4.14. The Labute approximate surface area is 175 Å². The minimum atomic E-state index is -0.975. The smallest absolute Gasteiger partial charge is 0.305 e. The first-order valence-electron chi connectivity index (χ1n) is 11.1. The summed E-state index contributed by atoms with van der Waals surface area (Å²) in [4.78, 5) is 34.3. The lowest BCUT2D eigenvalue weighted by atomic mass is 10.1. The van der Waals surface area contributed by atoms with Crippen LogP contribution >= 0.6 is 0 Å². The van der Waals surface area contributed by atoms with Crippen LogP contribution in [0.25, 0.3) is 0 Å². The highest BCUT2D eigenvalue weighted by Gasteiger charge is 2.16. The molecule has 0 aliphatic rings. The summed E-state index contributed by atoms with van der Waals surface area (Å²) >= 11 is 0. The van der Waals surface area contributed by atoms with E-state index in [1.54, 1.807) is 0 Å². The standard InChI is InChI=1S/C22H40O7/c1-3-5-7-9-11-13-21(25)28-17-19(27-16-15-20(23)24)18-29-22(26)14-12-10-8-6-4-2/h19H,3-18H2,1-2H3,(H,23,24). The number of hydrogen-bond donors (Lipinski definition) is 1. The molecule has 0 atom stereocenters. The van der Waals surface area contributed by atoms with E-state index in [1.807, 2.05) is 0 Å². The first kappa shape index (κ1) is 27.4. The molecule has 7 heteroatoms. The topological polar surface area (TPSA) is 99.1 Å². The van der Waals surface area contributed by atoms with Crippen molar-refractivity contribution in [1.29, 1.82) is 0 Å². The van der Waals surface area contributed by atoms with Gasteiger partial charge in [-0.05, 0) is 12.8 Å². The highest BCUT2D eigenvalue weighted by molar-refractivity contribution is 5.69. The number of aliphatic carboxylic acids is 1. The molecule has 0 radical (unpaired) electrons. The van der Waals surface area contributed by atoms with Crippen LogP contribution in [0.5, 0.6) is 0 Å². The van der Waals surface area contributed by atoms with Gasteiger partial charge < -0.3 is 19.3 Å². The quantitative estimate of drug-likeness (QED) is 0.228. The maximum absolute atomic E-state index is 11.8. The highest BCUT2D eigenvalue weighted by Crippen LogP contribution is 2.08. The zero-order valence-corrected chi connectivity index (χ0v) is 18.3. The van der Waals surface area contributed by atoms with Crippen molar-refractivity contribution in [3.63, 3.8) is 0 Å². The van der Waals surface area contributed by atoms with Crippen LogP contribution in [0, 0.1) is 0 Å². The van der Waals surface area contributed by atoms with Crippen molar-refractivity contribution in [3.8, 4) is 0 Å². The van der Waals surface area contributed by atoms with E-state index in [1.165, 1.54) is 12.8 Å². The monoisotopic (exact) mass is 416 g/mol. The van der Waals surface area contributed by atoms with Gasteiger partial charge in [0.05, 0.1) is 13.0 Å². The Morgan fingerprint density at radius 1 is 0.690 bits per heavy atom. The van der Waals surface area contributed by atoms with Gasteiger partial charge in [0.15, 0.2) is 0 Å². The van der Waals surface area contributed by atoms with Gasteiger partial charge >= 0.3 is 17.9 Å². The van der Waals surface area contributed by atoms with Crippen molar-refractivity contribution in [3.05, 3.63) is 0 Å². The Kier molecular flexibility index (Phi) is 18.6. The van der Waals surface area contributed by atoms with Crippen LogP contribution in [0.15, 0.2) is 0 Å². The van der Waals surface area contributed by atoms with Gasteiger partial charge in [0.1, 0.15) is 19.3 Å². The van der Waals surface area contributed by atoms with E-state index in [-0.39, 0.29) is 38.2 Å². The Morgan fingerprint density at radius 3 is 1.55 bits per heavy atom. The van der Waals surface area contributed by atoms with Crippen molar-refractivity contribution in [1.82, 2.24) is 0 Å². The summed E-state index contributed by atoms with van der Waals surface area (Å²) in [6.07, 6.45) is 10.3. The number of carboxylic acids is 1. The summed E-state index contributed by atoms with van der Waals surface area (Å²) in [6, 6.07) is 0. The lowest BCUT2D eigenvalue weighted by Gasteiger charge is -2.18. The molecule has 0 saturated carbocycles. The van der Waals surface area contributed by atoms with Gasteiger partial charge in [-0.2, -0.15) is 0 Å². The van der Waals surface area contributed by atoms with Crippen LogP contribution < -0.4 is 0 Å². The van der Waals surface area contributed by atoms with Crippen LogP contribution in [0.4, 0.5) is 0 Å². The number of carbonyl (C=O) groups is 3. The molecule has 0 unspecified atom stereocenters. The van der Waals surface area contributed by atoms with Crippen molar-refractivity contribution in [2.75, 3.05) is 19.8 Å². The van der Waals surface area contributed by atoms with E-state index in [9.17, 15) is 14.4 Å². The maximum atomic E-state index is 11.8. The summed E-state index contributed by atoms with van der Waals surface area (Å²) in [5.41, 5.74) is 0. The molecule has 0 fully saturated rings. The third kappa shape index (κ3) is 19.5. The molecular formula is C22H40O7. The molecule has 0 aliphatic heterocycles. The summed E-state index contributed by atoms with van der Waals surface area (Å²) < 4.78 is 15.9. The molecule has 0 spiro atoms. The van der Waals surface area contributed by atoms with Gasteiger partial charge in [0.25, 0.3) is 0 Å². The molecule has 0 bridgehead atoms. The minimum absolute atomic E-state index is 0.0247. The summed E-state index contributed by atoms with van der Waals surface area (Å²) in [6.45, 7) is 4.16. The molecule has 29 heavy (non-hydrogen) atoms. The number of ether oxygens (including phenoxy) is 3. The van der Waals surface area contributed by atoms with Crippen molar-refractivity contribution in [2.24, 2.45) is 0 Å². The molecule has 0 aromatic rings. The van der Waals surface area contributed by atoms with E-state index in [4.69, 9.17) is 19.3 Å². The fourth-order valence-electron chi connectivity index (χ4n) is 2.72. The number of unbranched alkanes of at least 4 members (excludes halogenated alkanes) is 8. The summed E-state index contributed by atoms with van der Waals surface area (Å²) in [5, 5.41) is 8.73. The minimum Gasteiger partial charge on any atom is -0.481 e. The number of carboxylic acid groups (broad SMARTS) is 1. The van der Waals surface area contributed by atoms with Crippen molar-refractivity contribution < 1.29 is 33.7 Å². The van der Waals surface area contributed by atoms with Gasteiger partial charge in [-0.1, -0.05) is 65.2 Å².